The highest BCUT2D eigenvalue weighted by atomic mass is 32.2. The third-order valence-corrected chi connectivity index (χ3v) is 10.7. The first-order valence-electron chi connectivity index (χ1n) is 16.6. The van der Waals surface area contributed by atoms with E-state index in [9.17, 15) is 18.3 Å². The van der Waals surface area contributed by atoms with Crippen LogP contribution in [0, 0.1) is 18.6 Å². The first kappa shape index (κ1) is 34.8. The number of aromatic hydroxyl groups is 1. The van der Waals surface area contributed by atoms with E-state index >= 15 is 8.78 Å². The Morgan fingerprint density at radius 2 is 1.75 bits per heavy atom. The van der Waals surface area contributed by atoms with E-state index in [0.29, 0.717) is 29.1 Å². The van der Waals surface area contributed by atoms with Crippen molar-refractivity contribution >= 4 is 26.9 Å². The third-order valence-electron chi connectivity index (χ3n) is 9.10. The fraction of sp³-hybridized carbons (Fsp3) is 0.278. The minimum absolute atomic E-state index is 0.0106. The number of fused-ring (bicyclic) bond motifs is 1. The number of phenolic OH excluding ortho intramolecular Hbond substituents is 1. The van der Waals surface area contributed by atoms with Gasteiger partial charge in [-0.2, -0.15) is 4.98 Å². The second kappa shape index (κ2) is 13.5. The number of aromatic nitrogens is 7. The highest BCUT2D eigenvalue weighted by Gasteiger charge is 2.35. The number of hydrogen-bond acceptors (Lipinski definition) is 11. The molecule has 0 bridgehead atoms. The fourth-order valence-corrected chi connectivity index (χ4v) is 7.90. The molecule has 0 spiro atoms. The van der Waals surface area contributed by atoms with Crippen molar-refractivity contribution in [1.82, 2.24) is 38.6 Å². The molecule has 52 heavy (non-hydrogen) atoms. The molecule has 5 heterocycles. The van der Waals surface area contributed by atoms with Crippen molar-refractivity contribution in [1.29, 1.82) is 0 Å². The van der Waals surface area contributed by atoms with Gasteiger partial charge in [-0.05, 0) is 49.7 Å². The summed E-state index contributed by atoms with van der Waals surface area (Å²) < 4.78 is 61.1. The second-order valence-corrected chi connectivity index (χ2v) is 15.0. The Bertz CT molecular complexity index is 2470. The van der Waals surface area contributed by atoms with Crippen molar-refractivity contribution in [2.45, 2.75) is 32.7 Å². The van der Waals surface area contributed by atoms with Crippen LogP contribution in [-0.4, -0.2) is 90.6 Å². The number of nitrogens with zero attached hydrogens (tertiary/aromatic N) is 9. The molecule has 13 nitrogen and oxygen atoms in total. The molecule has 4 aromatic heterocycles. The zero-order valence-corrected chi connectivity index (χ0v) is 29.6. The molecule has 1 fully saturated rings. The summed E-state index contributed by atoms with van der Waals surface area (Å²) in [5.74, 6) is -2.79. The molecule has 1 aliphatic heterocycles. The SMILES string of the molecule is Cc1ccnc(C(C)C)c1-n1c(=O)nc(N2CCN(C)CC2CS(=O)(=O)n2cnc(-c3ccccc3)n2)c2cc(F)c(-c3c(O)cccc3F)nc21. The Kier molecular flexibility index (Phi) is 9.04. The van der Waals surface area contributed by atoms with Crippen LogP contribution in [0.1, 0.15) is 31.0 Å². The number of rotatable bonds is 8. The van der Waals surface area contributed by atoms with E-state index in [1.165, 1.54) is 16.7 Å². The van der Waals surface area contributed by atoms with Crippen LogP contribution in [0.2, 0.25) is 0 Å². The number of likely N-dealkylation sites (N-methyl/N-ethyl adjacent to an activating group) is 1. The average Bonchev–Trinajstić information content (AvgIpc) is 3.61. The maximum Gasteiger partial charge on any atom is 0.355 e. The summed E-state index contributed by atoms with van der Waals surface area (Å²) in [7, 11) is -2.27. The standard InChI is InChI=1S/C36H35F2N9O4S/c1-21(2)30-32(22(3)13-14-39-30)47-35-25(17-27(38)31(41-35)29-26(37)11-8-12-28(29)48)34(42-36(47)49)45-16-15-44(4)18-24(45)19-52(50,51)46-20-40-33(43-46)23-9-6-5-7-10-23/h5-14,17,20-21,24,48H,15-16,18-19H2,1-4H3. The van der Waals surface area contributed by atoms with Crippen molar-refractivity contribution in [3.05, 3.63) is 107 Å². The largest absolute Gasteiger partial charge is 0.507 e. The minimum Gasteiger partial charge on any atom is -0.507 e. The van der Waals surface area contributed by atoms with Gasteiger partial charge in [0.25, 0.3) is 10.0 Å². The first-order valence-corrected chi connectivity index (χ1v) is 18.2. The van der Waals surface area contributed by atoms with Crippen LogP contribution < -0.4 is 10.6 Å². The molecular formula is C36H35F2N9O4S. The molecule has 0 amide bonds. The van der Waals surface area contributed by atoms with Crippen LogP contribution in [0.15, 0.2) is 78.0 Å². The smallest absolute Gasteiger partial charge is 0.355 e. The van der Waals surface area contributed by atoms with Crippen LogP contribution >= 0.6 is 0 Å². The van der Waals surface area contributed by atoms with E-state index in [1.54, 1.807) is 48.4 Å². The Balaban J connectivity index is 1.41. The maximum atomic E-state index is 16.2. The van der Waals surface area contributed by atoms with Crippen molar-refractivity contribution in [2.75, 3.05) is 37.3 Å². The van der Waals surface area contributed by atoms with Gasteiger partial charge in [0.05, 0.1) is 34.1 Å². The molecule has 1 aliphatic rings. The summed E-state index contributed by atoms with van der Waals surface area (Å²) in [5.41, 5.74) is 0.386. The van der Waals surface area contributed by atoms with Gasteiger partial charge in [0.1, 0.15) is 29.4 Å². The summed E-state index contributed by atoms with van der Waals surface area (Å²) in [6, 6.07) is 14.6. The predicted octanol–water partition coefficient (Wildman–Crippen LogP) is 4.52. The predicted molar refractivity (Wildman–Crippen MR) is 192 cm³/mol. The molecule has 2 aromatic carbocycles. The molecule has 0 aliphatic carbocycles. The van der Waals surface area contributed by atoms with Crippen LogP contribution in [0.5, 0.6) is 5.75 Å². The summed E-state index contributed by atoms with van der Waals surface area (Å²) in [6.45, 7) is 6.56. The first-order chi connectivity index (χ1) is 24.8. The molecule has 1 N–H and O–H groups in total. The zero-order valence-electron chi connectivity index (χ0n) is 28.8. The number of benzene rings is 2. The van der Waals surface area contributed by atoms with Crippen LogP contribution in [-0.2, 0) is 10.0 Å². The van der Waals surface area contributed by atoms with Crippen LogP contribution in [0.25, 0.3) is 39.4 Å². The van der Waals surface area contributed by atoms with E-state index in [0.717, 1.165) is 22.5 Å². The molecular weight excluding hydrogens is 693 g/mol. The van der Waals surface area contributed by atoms with Gasteiger partial charge in [0.2, 0.25) is 0 Å². The number of halogens is 2. The minimum atomic E-state index is -4.11. The summed E-state index contributed by atoms with van der Waals surface area (Å²) >= 11 is 0. The van der Waals surface area contributed by atoms with E-state index in [4.69, 9.17) is 0 Å². The third kappa shape index (κ3) is 6.28. The molecule has 1 atom stereocenters. The monoisotopic (exact) mass is 727 g/mol. The second-order valence-electron chi connectivity index (χ2n) is 13.1. The molecule has 1 unspecified atom stereocenters. The number of piperazine rings is 1. The Morgan fingerprint density at radius 1 is 0.981 bits per heavy atom. The number of aryl methyl sites for hydroxylation is 1. The van der Waals surface area contributed by atoms with Crippen molar-refractivity contribution in [3.63, 3.8) is 0 Å². The molecule has 268 valence electrons. The van der Waals surface area contributed by atoms with Crippen molar-refractivity contribution < 1.29 is 22.3 Å². The van der Waals surface area contributed by atoms with Crippen molar-refractivity contribution in [3.8, 4) is 34.1 Å². The lowest BCUT2D eigenvalue weighted by Gasteiger charge is -2.40. The number of anilines is 1. The van der Waals surface area contributed by atoms with E-state index in [-0.39, 0.29) is 41.7 Å². The molecule has 6 aromatic rings. The Hall–Kier alpha value is -5.61. The Labute approximate surface area is 297 Å². The van der Waals surface area contributed by atoms with Crippen LogP contribution in [0.3, 0.4) is 0 Å². The van der Waals surface area contributed by atoms with Gasteiger partial charge in [-0.1, -0.05) is 50.2 Å². The van der Waals surface area contributed by atoms with Crippen LogP contribution in [0.4, 0.5) is 14.6 Å². The van der Waals surface area contributed by atoms with E-state index in [1.807, 2.05) is 31.9 Å². The molecule has 16 heteroatoms. The highest BCUT2D eigenvalue weighted by molar-refractivity contribution is 7.89. The lowest BCUT2D eigenvalue weighted by atomic mass is 10.0. The fourth-order valence-electron chi connectivity index (χ4n) is 6.59. The van der Waals surface area contributed by atoms with Crippen molar-refractivity contribution in [2.24, 2.45) is 0 Å². The molecule has 0 radical (unpaired) electrons. The summed E-state index contributed by atoms with van der Waals surface area (Å²) in [4.78, 5) is 35.6. The maximum absolute atomic E-state index is 16.2. The van der Waals surface area contributed by atoms with Gasteiger partial charge in [-0.15, -0.1) is 9.19 Å². The van der Waals surface area contributed by atoms with Gasteiger partial charge in [-0.3, -0.25) is 4.98 Å². The number of hydrogen-bond donors (Lipinski definition) is 1. The quantitative estimate of drug-likeness (QED) is 0.236. The molecule has 0 saturated carbocycles. The number of pyridine rings is 2. The zero-order chi connectivity index (χ0) is 36.9. The van der Waals surface area contributed by atoms with Gasteiger partial charge < -0.3 is 14.9 Å². The van der Waals surface area contributed by atoms with Gasteiger partial charge in [-0.25, -0.2) is 36.5 Å². The highest BCUT2D eigenvalue weighted by Crippen LogP contribution is 2.37. The van der Waals surface area contributed by atoms with E-state index in [2.05, 4.69) is 25.0 Å². The Morgan fingerprint density at radius 3 is 2.48 bits per heavy atom. The normalized spacial score (nSPS) is 15.5. The lowest BCUT2D eigenvalue weighted by Crippen LogP contribution is -2.55. The summed E-state index contributed by atoms with van der Waals surface area (Å²) in [6.07, 6.45) is 2.76. The van der Waals surface area contributed by atoms with Gasteiger partial charge in [0, 0.05) is 31.4 Å². The lowest BCUT2D eigenvalue weighted by molar-refractivity contribution is 0.275. The van der Waals surface area contributed by atoms with E-state index < -0.39 is 56.1 Å². The number of phenols is 1. The average molecular weight is 728 g/mol. The molecule has 1 saturated heterocycles. The van der Waals surface area contributed by atoms with Gasteiger partial charge >= 0.3 is 5.69 Å². The summed E-state index contributed by atoms with van der Waals surface area (Å²) in [5, 5.41) is 14.9. The topological polar surface area (TPSA) is 152 Å². The van der Waals surface area contributed by atoms with Gasteiger partial charge in [0.15, 0.2) is 17.3 Å². The molecule has 7 rings (SSSR count).